The minimum Gasteiger partial charge on any atom is -0.288 e. The number of ketones is 1. The van der Waals surface area contributed by atoms with E-state index >= 15 is 0 Å². The zero-order valence-electron chi connectivity index (χ0n) is 9.48. The zero-order chi connectivity index (χ0) is 12.4. The smallest absolute Gasteiger partial charge is 0.206 e. The number of benzene rings is 1. The van der Waals surface area contributed by atoms with Crippen LogP contribution < -0.4 is 0 Å². The third kappa shape index (κ3) is 2.39. The summed E-state index contributed by atoms with van der Waals surface area (Å²) in [7, 11) is 0. The van der Waals surface area contributed by atoms with Gasteiger partial charge in [-0.1, -0.05) is 18.3 Å². The van der Waals surface area contributed by atoms with Crippen LogP contribution in [-0.4, -0.2) is 15.4 Å². The Morgan fingerprint density at radius 1 is 1.29 bits per heavy atom. The van der Waals surface area contributed by atoms with Crippen molar-refractivity contribution in [3.63, 3.8) is 0 Å². The molecule has 0 amide bonds. The van der Waals surface area contributed by atoms with Crippen LogP contribution in [0.2, 0.25) is 0 Å². The number of carbonyl (C=O) groups excluding carboxylic acids is 1. The standard InChI is InChI=1S/C12H11FN2OS/c1-7(2)10-12(17-15-14-10)11(16)8-3-5-9(13)6-4-8/h3-7H,1-2H3. The molecule has 0 saturated carbocycles. The zero-order valence-corrected chi connectivity index (χ0v) is 10.3. The monoisotopic (exact) mass is 250 g/mol. The third-order valence-corrected chi connectivity index (χ3v) is 3.11. The summed E-state index contributed by atoms with van der Waals surface area (Å²) in [5.74, 6) is -0.357. The summed E-state index contributed by atoms with van der Waals surface area (Å²) >= 11 is 1.08. The minimum atomic E-state index is -0.354. The molecule has 1 aromatic carbocycles. The first kappa shape index (κ1) is 11.9. The Kier molecular flexibility index (Phi) is 3.28. The summed E-state index contributed by atoms with van der Waals surface area (Å²) in [5, 5.41) is 3.95. The molecule has 88 valence electrons. The molecule has 0 fully saturated rings. The van der Waals surface area contributed by atoms with Crippen molar-refractivity contribution in [1.29, 1.82) is 0 Å². The Balaban J connectivity index is 2.37. The summed E-state index contributed by atoms with van der Waals surface area (Å²) in [5.41, 5.74) is 1.16. The molecule has 1 aromatic heterocycles. The first-order valence-corrected chi connectivity index (χ1v) is 5.99. The van der Waals surface area contributed by atoms with Crippen molar-refractivity contribution in [2.45, 2.75) is 19.8 Å². The third-order valence-electron chi connectivity index (χ3n) is 2.37. The lowest BCUT2D eigenvalue weighted by atomic mass is 10.0. The molecule has 2 rings (SSSR count). The highest BCUT2D eigenvalue weighted by Gasteiger charge is 2.19. The molecule has 5 heteroatoms. The molecule has 0 atom stereocenters. The Bertz CT molecular complexity index is 534. The molecule has 0 aliphatic heterocycles. The van der Waals surface area contributed by atoms with Crippen molar-refractivity contribution in [2.24, 2.45) is 0 Å². The average Bonchev–Trinajstić information content (AvgIpc) is 2.78. The van der Waals surface area contributed by atoms with Gasteiger partial charge in [0.1, 0.15) is 10.7 Å². The molecule has 0 bridgehead atoms. The first-order chi connectivity index (χ1) is 8.09. The fourth-order valence-electron chi connectivity index (χ4n) is 1.47. The van der Waals surface area contributed by atoms with Gasteiger partial charge in [-0.15, -0.1) is 5.10 Å². The molecule has 0 aliphatic carbocycles. The molecule has 17 heavy (non-hydrogen) atoms. The summed E-state index contributed by atoms with van der Waals surface area (Å²) in [6, 6.07) is 5.50. The molecular formula is C12H11FN2OS. The van der Waals surface area contributed by atoms with Gasteiger partial charge in [-0.05, 0) is 41.7 Å². The Hall–Kier alpha value is -1.62. The second-order valence-electron chi connectivity index (χ2n) is 3.98. The van der Waals surface area contributed by atoms with Crippen LogP contribution in [0.5, 0.6) is 0 Å². The highest BCUT2D eigenvalue weighted by Crippen LogP contribution is 2.22. The van der Waals surface area contributed by atoms with Crippen molar-refractivity contribution >= 4 is 17.3 Å². The van der Waals surface area contributed by atoms with E-state index in [0.717, 1.165) is 11.5 Å². The molecule has 3 nitrogen and oxygen atoms in total. The van der Waals surface area contributed by atoms with Gasteiger partial charge in [0, 0.05) is 5.56 Å². The molecule has 0 radical (unpaired) electrons. The summed E-state index contributed by atoms with van der Waals surface area (Å²) in [6.45, 7) is 3.91. The van der Waals surface area contributed by atoms with Gasteiger partial charge in [0.15, 0.2) is 0 Å². The quantitative estimate of drug-likeness (QED) is 0.786. The van der Waals surface area contributed by atoms with Crippen molar-refractivity contribution in [3.05, 3.63) is 46.2 Å². The van der Waals surface area contributed by atoms with Crippen molar-refractivity contribution in [1.82, 2.24) is 9.59 Å². The van der Waals surface area contributed by atoms with Gasteiger partial charge < -0.3 is 0 Å². The lowest BCUT2D eigenvalue weighted by molar-refractivity contribution is 0.104. The minimum absolute atomic E-state index is 0.146. The van der Waals surface area contributed by atoms with Crippen LogP contribution in [-0.2, 0) is 0 Å². The van der Waals surface area contributed by atoms with Gasteiger partial charge in [0.25, 0.3) is 0 Å². The van der Waals surface area contributed by atoms with Crippen LogP contribution in [0.25, 0.3) is 0 Å². The SMILES string of the molecule is CC(C)c1nnsc1C(=O)c1ccc(F)cc1. The lowest BCUT2D eigenvalue weighted by Crippen LogP contribution is -2.04. The maximum Gasteiger partial charge on any atom is 0.206 e. The van der Waals surface area contributed by atoms with Gasteiger partial charge in [-0.2, -0.15) is 0 Å². The highest BCUT2D eigenvalue weighted by atomic mass is 32.1. The Morgan fingerprint density at radius 3 is 2.53 bits per heavy atom. The molecular weight excluding hydrogens is 239 g/mol. The summed E-state index contributed by atoms with van der Waals surface area (Å²) < 4.78 is 16.6. The van der Waals surface area contributed by atoms with Gasteiger partial charge >= 0.3 is 0 Å². The predicted molar refractivity (Wildman–Crippen MR) is 63.8 cm³/mol. The van der Waals surface area contributed by atoms with E-state index in [1.165, 1.54) is 24.3 Å². The number of nitrogens with zero attached hydrogens (tertiary/aromatic N) is 2. The fraction of sp³-hybridized carbons (Fsp3) is 0.250. The van der Waals surface area contributed by atoms with Crippen molar-refractivity contribution in [3.8, 4) is 0 Å². The maximum absolute atomic E-state index is 12.8. The highest BCUT2D eigenvalue weighted by molar-refractivity contribution is 7.08. The van der Waals surface area contributed by atoms with Gasteiger partial charge in [0.05, 0.1) is 5.69 Å². The van der Waals surface area contributed by atoms with Crippen LogP contribution in [0.3, 0.4) is 0 Å². The second kappa shape index (κ2) is 4.71. The van der Waals surface area contributed by atoms with Crippen molar-refractivity contribution < 1.29 is 9.18 Å². The van der Waals surface area contributed by atoms with Crippen LogP contribution in [0.1, 0.15) is 40.7 Å². The lowest BCUT2D eigenvalue weighted by Gasteiger charge is -2.03. The fourth-order valence-corrected chi connectivity index (χ4v) is 2.25. The van der Waals surface area contributed by atoms with Crippen LogP contribution in [0.4, 0.5) is 4.39 Å². The largest absolute Gasteiger partial charge is 0.288 e. The topological polar surface area (TPSA) is 42.9 Å². The number of aromatic nitrogens is 2. The number of carbonyl (C=O) groups is 1. The van der Waals surface area contributed by atoms with E-state index in [2.05, 4.69) is 9.59 Å². The number of hydrogen-bond acceptors (Lipinski definition) is 4. The predicted octanol–water partition coefficient (Wildman–Crippen LogP) is 3.03. The normalized spacial score (nSPS) is 10.8. The molecule has 0 spiro atoms. The van der Waals surface area contributed by atoms with E-state index in [-0.39, 0.29) is 17.5 Å². The van der Waals surface area contributed by atoms with E-state index in [4.69, 9.17) is 0 Å². The van der Waals surface area contributed by atoms with E-state index in [9.17, 15) is 9.18 Å². The first-order valence-electron chi connectivity index (χ1n) is 5.22. The van der Waals surface area contributed by atoms with Crippen LogP contribution in [0, 0.1) is 5.82 Å². The molecule has 0 unspecified atom stereocenters. The van der Waals surface area contributed by atoms with E-state index in [1.54, 1.807) is 0 Å². The van der Waals surface area contributed by atoms with Gasteiger partial charge in [-0.25, -0.2) is 4.39 Å². The average molecular weight is 250 g/mol. The van der Waals surface area contributed by atoms with Crippen LogP contribution >= 0.6 is 11.5 Å². The number of rotatable bonds is 3. The summed E-state index contributed by atoms with van der Waals surface area (Å²) in [6.07, 6.45) is 0. The number of halogens is 1. The van der Waals surface area contributed by atoms with Gasteiger partial charge in [-0.3, -0.25) is 4.79 Å². The summed E-state index contributed by atoms with van der Waals surface area (Å²) in [4.78, 5) is 12.7. The molecule has 1 heterocycles. The molecule has 0 N–H and O–H groups in total. The Labute approximate surface area is 102 Å². The van der Waals surface area contributed by atoms with E-state index in [1.807, 2.05) is 13.8 Å². The molecule has 2 aromatic rings. The van der Waals surface area contributed by atoms with Crippen LogP contribution in [0.15, 0.2) is 24.3 Å². The number of hydrogen-bond donors (Lipinski definition) is 0. The van der Waals surface area contributed by atoms with Crippen molar-refractivity contribution in [2.75, 3.05) is 0 Å². The van der Waals surface area contributed by atoms with Gasteiger partial charge in [0.2, 0.25) is 5.78 Å². The maximum atomic E-state index is 12.8. The van der Waals surface area contributed by atoms with E-state index in [0.29, 0.717) is 16.1 Å². The Morgan fingerprint density at radius 2 is 1.94 bits per heavy atom. The molecule has 0 aliphatic rings. The van der Waals surface area contributed by atoms with E-state index < -0.39 is 0 Å². The second-order valence-corrected chi connectivity index (χ2v) is 4.73. The molecule has 0 saturated heterocycles.